The van der Waals surface area contributed by atoms with Crippen molar-refractivity contribution < 1.29 is 19.1 Å². The zero-order chi connectivity index (χ0) is 30.4. The van der Waals surface area contributed by atoms with E-state index in [0.29, 0.717) is 13.0 Å². The predicted molar refractivity (Wildman–Crippen MR) is 167 cm³/mol. The second-order valence-electron chi connectivity index (χ2n) is 13.2. The number of carbonyl (C=O) groups is 3. The lowest BCUT2D eigenvalue weighted by Crippen LogP contribution is -2.54. The number of hydrogen-bond donors (Lipinski definition) is 2. The van der Waals surface area contributed by atoms with E-state index in [1.165, 1.54) is 25.7 Å². The minimum absolute atomic E-state index is 0.125. The van der Waals surface area contributed by atoms with Crippen LogP contribution in [0.5, 0.6) is 0 Å². The Morgan fingerprint density at radius 2 is 1.61 bits per heavy atom. The van der Waals surface area contributed by atoms with E-state index < -0.39 is 23.8 Å². The van der Waals surface area contributed by atoms with Crippen LogP contribution in [-0.4, -0.2) is 47.0 Å². The molecule has 0 radical (unpaired) electrons. The van der Waals surface area contributed by atoms with Gasteiger partial charge in [0, 0.05) is 12.6 Å². The molecule has 7 heteroatoms. The Labute approximate surface area is 249 Å². The molecule has 7 nitrogen and oxygen atoms in total. The van der Waals surface area contributed by atoms with Crippen LogP contribution >= 0.6 is 0 Å². The fraction of sp³-hybridized carbons (Fsp3) is 0.735. The van der Waals surface area contributed by atoms with Gasteiger partial charge in [-0.15, -0.1) is 0 Å². The molecular weight excluding hydrogens is 514 g/mol. The molecule has 0 aromatic heterocycles. The number of benzene rings is 1. The summed E-state index contributed by atoms with van der Waals surface area (Å²) in [6.45, 7) is 14.1. The molecule has 1 fully saturated rings. The van der Waals surface area contributed by atoms with Gasteiger partial charge < -0.3 is 20.3 Å². The first-order valence-corrected chi connectivity index (χ1v) is 16.1. The first kappa shape index (κ1) is 34.6. The van der Waals surface area contributed by atoms with Crippen LogP contribution in [0.3, 0.4) is 0 Å². The van der Waals surface area contributed by atoms with E-state index >= 15 is 0 Å². The number of carbonyl (C=O) groups excluding carboxylic acids is 3. The summed E-state index contributed by atoms with van der Waals surface area (Å²) >= 11 is 0. The van der Waals surface area contributed by atoms with Crippen LogP contribution in [0.25, 0.3) is 0 Å². The maximum Gasteiger partial charge on any atom is 0.408 e. The smallest absolute Gasteiger partial charge is 0.408 e. The molecule has 0 aliphatic heterocycles. The fourth-order valence-corrected chi connectivity index (χ4v) is 5.64. The lowest BCUT2D eigenvalue weighted by Gasteiger charge is -2.36. The zero-order valence-electron chi connectivity index (χ0n) is 26.9. The number of hydrogen-bond acceptors (Lipinski definition) is 4. The summed E-state index contributed by atoms with van der Waals surface area (Å²) in [4.78, 5) is 43.2. The van der Waals surface area contributed by atoms with Gasteiger partial charge in [0.2, 0.25) is 11.8 Å². The maximum absolute atomic E-state index is 14.4. The second-order valence-corrected chi connectivity index (χ2v) is 13.2. The van der Waals surface area contributed by atoms with E-state index in [1.54, 1.807) is 25.7 Å². The molecule has 1 saturated carbocycles. The molecular formula is C34H57N3O4. The van der Waals surface area contributed by atoms with Crippen LogP contribution in [0, 0.1) is 12.8 Å². The second kappa shape index (κ2) is 17.4. The largest absolute Gasteiger partial charge is 0.444 e. The van der Waals surface area contributed by atoms with Crippen LogP contribution in [0.2, 0.25) is 0 Å². The highest BCUT2D eigenvalue weighted by molar-refractivity contribution is 5.92. The highest BCUT2D eigenvalue weighted by Crippen LogP contribution is 2.28. The third-order valence-corrected chi connectivity index (χ3v) is 7.73. The van der Waals surface area contributed by atoms with Crippen molar-refractivity contribution >= 4 is 17.9 Å². The van der Waals surface area contributed by atoms with Crippen LogP contribution in [0.15, 0.2) is 24.3 Å². The molecule has 0 saturated heterocycles. The molecule has 41 heavy (non-hydrogen) atoms. The lowest BCUT2D eigenvalue weighted by molar-refractivity contribution is -0.143. The SMILES string of the molecule is CCCCCCCCN(C(=O)C(CC(C)C)NC(=O)OC(C)(C)C)C(C(=O)NC1CCCCC1)c1ccccc1C. The molecule has 0 bridgehead atoms. The topological polar surface area (TPSA) is 87.7 Å². The van der Waals surface area contributed by atoms with Crippen molar-refractivity contribution in [2.45, 2.75) is 149 Å². The van der Waals surface area contributed by atoms with Gasteiger partial charge in [0.25, 0.3) is 0 Å². The minimum atomic E-state index is -0.793. The van der Waals surface area contributed by atoms with Gasteiger partial charge in [0.15, 0.2) is 0 Å². The van der Waals surface area contributed by atoms with Gasteiger partial charge in [-0.2, -0.15) is 0 Å². The van der Waals surface area contributed by atoms with Gasteiger partial charge in [0.1, 0.15) is 17.7 Å². The highest BCUT2D eigenvalue weighted by atomic mass is 16.6. The average Bonchev–Trinajstić information content (AvgIpc) is 2.89. The van der Waals surface area contributed by atoms with Crippen LogP contribution in [-0.2, 0) is 14.3 Å². The van der Waals surface area contributed by atoms with Crippen molar-refractivity contribution in [3.63, 3.8) is 0 Å². The molecule has 2 rings (SSSR count). The highest BCUT2D eigenvalue weighted by Gasteiger charge is 2.37. The van der Waals surface area contributed by atoms with Gasteiger partial charge >= 0.3 is 6.09 Å². The number of amides is 3. The fourth-order valence-electron chi connectivity index (χ4n) is 5.64. The molecule has 232 valence electrons. The Morgan fingerprint density at radius 3 is 2.22 bits per heavy atom. The number of nitrogens with zero attached hydrogens (tertiary/aromatic N) is 1. The zero-order valence-corrected chi connectivity index (χ0v) is 26.9. The number of aryl methyl sites for hydroxylation is 1. The number of alkyl carbamates (subject to hydrolysis) is 1. The summed E-state index contributed by atoms with van der Waals surface area (Å²) in [7, 11) is 0. The molecule has 0 heterocycles. The van der Waals surface area contributed by atoms with Crippen molar-refractivity contribution in [3.05, 3.63) is 35.4 Å². The van der Waals surface area contributed by atoms with Gasteiger partial charge in [-0.3, -0.25) is 9.59 Å². The molecule has 2 N–H and O–H groups in total. The van der Waals surface area contributed by atoms with Gasteiger partial charge in [-0.25, -0.2) is 4.79 Å². The van der Waals surface area contributed by atoms with Crippen molar-refractivity contribution in [1.82, 2.24) is 15.5 Å². The van der Waals surface area contributed by atoms with Gasteiger partial charge in [-0.1, -0.05) is 96.4 Å². The summed E-state index contributed by atoms with van der Waals surface area (Å²) < 4.78 is 5.53. The van der Waals surface area contributed by atoms with E-state index in [0.717, 1.165) is 56.1 Å². The van der Waals surface area contributed by atoms with Crippen molar-refractivity contribution in [1.29, 1.82) is 0 Å². The quantitative estimate of drug-likeness (QED) is 0.212. The summed E-state index contributed by atoms with van der Waals surface area (Å²) in [5.41, 5.74) is 1.12. The van der Waals surface area contributed by atoms with E-state index in [4.69, 9.17) is 4.74 Å². The molecule has 2 unspecified atom stereocenters. The number of ether oxygens (including phenoxy) is 1. The first-order chi connectivity index (χ1) is 19.4. The summed E-state index contributed by atoms with van der Waals surface area (Å²) in [5, 5.41) is 6.17. The summed E-state index contributed by atoms with van der Waals surface area (Å²) in [6.07, 6.45) is 11.6. The average molecular weight is 572 g/mol. The monoisotopic (exact) mass is 571 g/mol. The Bertz CT molecular complexity index is 950. The third kappa shape index (κ3) is 12.5. The maximum atomic E-state index is 14.4. The molecule has 1 aliphatic rings. The van der Waals surface area contributed by atoms with Crippen LogP contribution in [0.4, 0.5) is 4.79 Å². The molecule has 2 atom stereocenters. The van der Waals surface area contributed by atoms with E-state index in [2.05, 4.69) is 17.6 Å². The van der Waals surface area contributed by atoms with Crippen molar-refractivity contribution in [3.8, 4) is 0 Å². The Balaban J connectivity index is 2.44. The normalized spacial score (nSPS) is 15.7. The van der Waals surface area contributed by atoms with Crippen LogP contribution in [0.1, 0.15) is 136 Å². The standard InChI is InChI=1S/C34H57N3O4/c1-8-9-10-11-12-18-23-37(32(39)29(24-25(2)3)36-33(40)41-34(5,6)7)30(28-22-17-16-19-26(28)4)31(38)35-27-20-14-13-15-21-27/h16-17,19,22,25,27,29-30H,8-15,18,20-21,23-24H2,1-7H3,(H,35,38)(H,36,40). The number of unbranched alkanes of at least 4 members (excludes halogenated alkanes) is 5. The van der Waals surface area contributed by atoms with Crippen molar-refractivity contribution in [2.24, 2.45) is 5.92 Å². The Morgan fingerprint density at radius 1 is 0.976 bits per heavy atom. The van der Waals surface area contributed by atoms with Gasteiger partial charge in [-0.05, 0) is 70.4 Å². The molecule has 1 aliphatic carbocycles. The lowest BCUT2D eigenvalue weighted by atomic mass is 9.93. The first-order valence-electron chi connectivity index (χ1n) is 16.1. The molecule has 3 amide bonds. The molecule has 0 spiro atoms. The predicted octanol–water partition coefficient (Wildman–Crippen LogP) is 7.61. The van der Waals surface area contributed by atoms with Crippen LogP contribution < -0.4 is 10.6 Å². The van der Waals surface area contributed by atoms with E-state index in [9.17, 15) is 14.4 Å². The van der Waals surface area contributed by atoms with E-state index in [-0.39, 0.29) is 23.8 Å². The summed E-state index contributed by atoms with van der Waals surface area (Å²) in [5.74, 6) is -0.209. The Hall–Kier alpha value is -2.57. The molecule has 1 aromatic carbocycles. The molecule has 1 aromatic rings. The number of nitrogens with one attached hydrogen (secondary N) is 2. The van der Waals surface area contributed by atoms with Gasteiger partial charge in [0.05, 0.1) is 0 Å². The summed E-state index contributed by atoms with van der Waals surface area (Å²) in [6, 6.07) is 6.41. The number of rotatable bonds is 15. The van der Waals surface area contributed by atoms with E-state index in [1.807, 2.05) is 45.0 Å². The van der Waals surface area contributed by atoms with Crippen molar-refractivity contribution in [2.75, 3.05) is 6.54 Å². The third-order valence-electron chi connectivity index (χ3n) is 7.73. The minimum Gasteiger partial charge on any atom is -0.444 e. The Kier molecular flexibility index (Phi) is 14.7.